The second-order valence-electron chi connectivity index (χ2n) is 4.89. The molecule has 4 nitrogen and oxygen atoms in total. The van der Waals surface area contributed by atoms with Crippen LogP contribution in [0.3, 0.4) is 0 Å². The maximum atomic E-state index is 9.72. The normalized spacial score (nSPS) is 32.7. The van der Waals surface area contributed by atoms with Crippen LogP contribution < -0.4 is 0 Å². The summed E-state index contributed by atoms with van der Waals surface area (Å²) < 4.78 is 4.85. The SMILES string of the molecule is CCCCCCCCS[C@H]1[C@H](O)COC(O)[C@@H]1O. The maximum absolute atomic E-state index is 9.72. The second kappa shape index (κ2) is 9.15. The molecule has 0 aromatic heterocycles. The first-order chi connectivity index (χ1) is 8.66. The summed E-state index contributed by atoms with van der Waals surface area (Å²) in [5.41, 5.74) is 0. The Morgan fingerprint density at radius 1 is 1.06 bits per heavy atom. The van der Waals surface area contributed by atoms with Crippen molar-refractivity contribution in [3.05, 3.63) is 0 Å². The van der Waals surface area contributed by atoms with Gasteiger partial charge in [0.1, 0.15) is 6.10 Å². The average Bonchev–Trinajstić information content (AvgIpc) is 2.36. The van der Waals surface area contributed by atoms with Gasteiger partial charge in [-0.2, -0.15) is 11.8 Å². The Balaban J connectivity index is 2.09. The largest absolute Gasteiger partial charge is 0.389 e. The van der Waals surface area contributed by atoms with Crippen LogP contribution in [0.25, 0.3) is 0 Å². The molecule has 1 heterocycles. The fourth-order valence-electron chi connectivity index (χ4n) is 2.09. The summed E-state index contributed by atoms with van der Waals surface area (Å²) in [6.45, 7) is 2.31. The van der Waals surface area contributed by atoms with Gasteiger partial charge in [-0.25, -0.2) is 0 Å². The van der Waals surface area contributed by atoms with E-state index in [1.165, 1.54) is 32.1 Å². The first kappa shape index (κ1) is 16.2. The fourth-order valence-corrected chi connectivity index (χ4v) is 3.37. The number of hydrogen-bond acceptors (Lipinski definition) is 5. The van der Waals surface area contributed by atoms with E-state index in [1.807, 2.05) is 0 Å². The predicted molar refractivity (Wildman–Crippen MR) is 73.6 cm³/mol. The highest BCUT2D eigenvalue weighted by Gasteiger charge is 2.37. The first-order valence-electron chi connectivity index (χ1n) is 6.94. The lowest BCUT2D eigenvalue weighted by Crippen LogP contribution is -2.51. The number of hydrogen-bond donors (Lipinski definition) is 3. The van der Waals surface area contributed by atoms with Crippen LogP contribution in [0, 0.1) is 0 Å². The van der Waals surface area contributed by atoms with E-state index >= 15 is 0 Å². The van der Waals surface area contributed by atoms with Crippen molar-refractivity contribution in [2.24, 2.45) is 0 Å². The van der Waals surface area contributed by atoms with Crippen LogP contribution in [0.5, 0.6) is 0 Å². The quantitative estimate of drug-likeness (QED) is 0.587. The van der Waals surface area contributed by atoms with E-state index in [1.54, 1.807) is 11.8 Å². The minimum atomic E-state index is -1.16. The lowest BCUT2D eigenvalue weighted by molar-refractivity contribution is -0.208. The van der Waals surface area contributed by atoms with E-state index in [0.29, 0.717) is 0 Å². The van der Waals surface area contributed by atoms with Gasteiger partial charge in [0.2, 0.25) is 0 Å². The van der Waals surface area contributed by atoms with Gasteiger partial charge in [-0.15, -0.1) is 0 Å². The molecule has 1 fully saturated rings. The Labute approximate surface area is 114 Å². The monoisotopic (exact) mass is 278 g/mol. The third-order valence-electron chi connectivity index (χ3n) is 3.25. The first-order valence-corrected chi connectivity index (χ1v) is 7.99. The number of aliphatic hydroxyl groups is 3. The van der Waals surface area contributed by atoms with Crippen molar-refractivity contribution in [1.82, 2.24) is 0 Å². The van der Waals surface area contributed by atoms with Crippen LogP contribution in [-0.2, 0) is 4.74 Å². The Bertz CT molecular complexity index is 215. The molecule has 18 heavy (non-hydrogen) atoms. The Morgan fingerprint density at radius 3 is 2.44 bits per heavy atom. The van der Waals surface area contributed by atoms with E-state index in [4.69, 9.17) is 4.74 Å². The third-order valence-corrected chi connectivity index (χ3v) is 4.76. The molecule has 1 aliphatic rings. The highest BCUT2D eigenvalue weighted by atomic mass is 32.2. The van der Waals surface area contributed by atoms with Crippen molar-refractivity contribution in [3.63, 3.8) is 0 Å². The lowest BCUT2D eigenvalue weighted by Gasteiger charge is -2.35. The number of rotatable bonds is 8. The highest BCUT2D eigenvalue weighted by Crippen LogP contribution is 2.26. The predicted octanol–water partition coefficient (Wildman–Crippen LogP) is 1.52. The summed E-state index contributed by atoms with van der Waals surface area (Å²) >= 11 is 1.54. The van der Waals surface area contributed by atoms with Crippen LogP contribution in [-0.4, -0.2) is 51.4 Å². The smallest absolute Gasteiger partial charge is 0.182 e. The molecule has 108 valence electrons. The van der Waals surface area contributed by atoms with Gasteiger partial charge in [-0.3, -0.25) is 0 Å². The van der Waals surface area contributed by atoms with Crippen LogP contribution in [0.4, 0.5) is 0 Å². The molecule has 0 saturated carbocycles. The fraction of sp³-hybridized carbons (Fsp3) is 1.00. The topological polar surface area (TPSA) is 69.9 Å². The molecule has 1 unspecified atom stereocenters. The zero-order valence-electron chi connectivity index (χ0n) is 11.1. The summed E-state index contributed by atoms with van der Waals surface area (Å²) in [5.74, 6) is 0.914. The number of thioether (sulfide) groups is 1. The molecule has 5 heteroatoms. The zero-order chi connectivity index (χ0) is 13.4. The van der Waals surface area contributed by atoms with Gasteiger partial charge in [0.05, 0.1) is 18.0 Å². The van der Waals surface area contributed by atoms with Gasteiger partial charge in [-0.1, -0.05) is 39.0 Å². The van der Waals surface area contributed by atoms with Crippen LogP contribution in [0.15, 0.2) is 0 Å². The maximum Gasteiger partial charge on any atom is 0.182 e. The van der Waals surface area contributed by atoms with Gasteiger partial charge in [-0.05, 0) is 12.2 Å². The summed E-state index contributed by atoms with van der Waals surface area (Å²) in [4.78, 5) is 0. The molecule has 1 aliphatic heterocycles. The molecule has 0 aromatic carbocycles. The number of ether oxygens (including phenoxy) is 1. The molecule has 3 N–H and O–H groups in total. The number of aliphatic hydroxyl groups excluding tert-OH is 3. The molecular formula is C13H26O4S. The third kappa shape index (κ3) is 5.45. The molecule has 0 bridgehead atoms. The van der Waals surface area contributed by atoms with Crippen molar-refractivity contribution in [2.45, 2.75) is 69.2 Å². The van der Waals surface area contributed by atoms with E-state index in [-0.39, 0.29) is 11.9 Å². The number of unbranched alkanes of at least 4 members (excludes halogenated alkanes) is 5. The van der Waals surface area contributed by atoms with Crippen LogP contribution >= 0.6 is 11.8 Å². The molecule has 0 aliphatic carbocycles. The van der Waals surface area contributed by atoms with Crippen molar-refractivity contribution in [3.8, 4) is 0 Å². The zero-order valence-corrected chi connectivity index (χ0v) is 11.9. The highest BCUT2D eigenvalue weighted by molar-refractivity contribution is 8.00. The molecule has 0 radical (unpaired) electrons. The Morgan fingerprint density at radius 2 is 1.72 bits per heavy atom. The summed E-state index contributed by atoms with van der Waals surface area (Å²) in [6, 6.07) is 0. The molecule has 0 aromatic rings. The van der Waals surface area contributed by atoms with Crippen molar-refractivity contribution in [2.75, 3.05) is 12.4 Å². The molecule has 0 spiro atoms. The van der Waals surface area contributed by atoms with E-state index < -0.39 is 18.5 Å². The van der Waals surface area contributed by atoms with E-state index in [0.717, 1.165) is 12.2 Å². The van der Waals surface area contributed by atoms with Gasteiger partial charge in [0.15, 0.2) is 6.29 Å². The lowest BCUT2D eigenvalue weighted by atomic mass is 10.1. The van der Waals surface area contributed by atoms with Crippen molar-refractivity contribution in [1.29, 1.82) is 0 Å². The van der Waals surface area contributed by atoms with Crippen LogP contribution in [0.1, 0.15) is 45.4 Å². The van der Waals surface area contributed by atoms with Crippen molar-refractivity contribution < 1.29 is 20.1 Å². The Hall–Kier alpha value is 0.190. The van der Waals surface area contributed by atoms with E-state index in [9.17, 15) is 15.3 Å². The molecule has 1 rings (SSSR count). The Kier molecular flexibility index (Phi) is 8.26. The van der Waals surface area contributed by atoms with Gasteiger partial charge in [0.25, 0.3) is 0 Å². The minimum Gasteiger partial charge on any atom is -0.389 e. The van der Waals surface area contributed by atoms with Gasteiger partial charge < -0.3 is 20.1 Å². The summed E-state index contributed by atoms with van der Waals surface area (Å²) in [7, 11) is 0. The van der Waals surface area contributed by atoms with Gasteiger partial charge in [0, 0.05) is 0 Å². The molecular weight excluding hydrogens is 252 g/mol. The average molecular weight is 278 g/mol. The summed E-state index contributed by atoms with van der Waals surface area (Å²) in [5, 5.41) is 28.5. The van der Waals surface area contributed by atoms with Crippen LogP contribution in [0.2, 0.25) is 0 Å². The molecule has 1 saturated heterocycles. The minimum absolute atomic E-state index is 0.104. The van der Waals surface area contributed by atoms with E-state index in [2.05, 4.69) is 6.92 Å². The van der Waals surface area contributed by atoms with Crippen molar-refractivity contribution >= 4 is 11.8 Å². The molecule has 0 amide bonds. The summed E-state index contributed by atoms with van der Waals surface area (Å²) in [6.07, 6.45) is 4.58. The standard InChI is InChI=1S/C13H26O4S/c1-2-3-4-5-6-7-8-18-12-10(14)9-17-13(16)11(12)15/h10-16H,2-9H2,1H3/t10-,11-,12+,13?/m1/s1. The van der Waals surface area contributed by atoms with Gasteiger partial charge >= 0.3 is 0 Å². The molecule has 4 atom stereocenters. The second-order valence-corrected chi connectivity index (χ2v) is 6.17.